The molecule has 1 aromatic carbocycles. The first kappa shape index (κ1) is 13.6. The molecule has 0 spiro atoms. The van der Waals surface area contributed by atoms with Crippen LogP contribution >= 0.6 is 0 Å². The molecular formula is C14H14N4O2S. The standard InChI is InChI=1S/C14H14N4O2S/c1-9-7-11(5-6-15-9)18-21(19,20)12-3-4-13-14(8-12)17-10(2)16-13/h3-8H,1-2H3,(H,15,18)(H,16,17). The lowest BCUT2D eigenvalue weighted by Crippen LogP contribution is -2.13. The van der Waals surface area contributed by atoms with Crippen LogP contribution in [0.5, 0.6) is 0 Å². The molecule has 0 unspecified atom stereocenters. The van der Waals surface area contributed by atoms with Crippen LogP contribution < -0.4 is 4.72 Å². The monoisotopic (exact) mass is 302 g/mol. The summed E-state index contributed by atoms with van der Waals surface area (Å²) in [6.45, 7) is 3.63. The molecule has 6 nitrogen and oxygen atoms in total. The number of aryl methyl sites for hydroxylation is 2. The molecule has 0 saturated carbocycles. The number of aromatic amines is 1. The zero-order valence-electron chi connectivity index (χ0n) is 11.6. The fourth-order valence-corrected chi connectivity index (χ4v) is 3.18. The van der Waals surface area contributed by atoms with E-state index in [1.54, 1.807) is 43.5 Å². The van der Waals surface area contributed by atoms with Crippen LogP contribution in [0.4, 0.5) is 5.69 Å². The van der Waals surface area contributed by atoms with Crippen molar-refractivity contribution in [1.29, 1.82) is 0 Å². The highest BCUT2D eigenvalue weighted by atomic mass is 32.2. The number of H-pyrrole nitrogens is 1. The number of hydrogen-bond donors (Lipinski definition) is 2. The third-order valence-electron chi connectivity index (χ3n) is 3.03. The van der Waals surface area contributed by atoms with Gasteiger partial charge in [-0.25, -0.2) is 13.4 Å². The number of nitrogens with one attached hydrogen (secondary N) is 2. The van der Waals surface area contributed by atoms with Crippen LogP contribution in [-0.2, 0) is 10.0 Å². The molecule has 0 saturated heterocycles. The molecule has 2 aromatic heterocycles. The van der Waals surface area contributed by atoms with Crippen molar-refractivity contribution in [1.82, 2.24) is 15.0 Å². The second kappa shape index (κ2) is 4.85. The third kappa shape index (κ3) is 2.73. The van der Waals surface area contributed by atoms with E-state index in [4.69, 9.17) is 0 Å². The fraction of sp³-hybridized carbons (Fsp3) is 0.143. The van der Waals surface area contributed by atoms with Gasteiger partial charge in [-0.3, -0.25) is 9.71 Å². The summed E-state index contributed by atoms with van der Waals surface area (Å²) >= 11 is 0. The highest BCUT2D eigenvalue weighted by Gasteiger charge is 2.15. The van der Waals surface area contributed by atoms with E-state index >= 15 is 0 Å². The molecule has 0 aliphatic rings. The highest BCUT2D eigenvalue weighted by molar-refractivity contribution is 7.92. The fourth-order valence-electron chi connectivity index (χ4n) is 2.11. The van der Waals surface area contributed by atoms with Crippen molar-refractivity contribution in [3.63, 3.8) is 0 Å². The second-order valence-electron chi connectivity index (χ2n) is 4.79. The predicted octanol–water partition coefficient (Wildman–Crippen LogP) is 2.38. The zero-order valence-corrected chi connectivity index (χ0v) is 12.4. The number of fused-ring (bicyclic) bond motifs is 1. The maximum atomic E-state index is 12.4. The van der Waals surface area contributed by atoms with Gasteiger partial charge in [0.05, 0.1) is 21.6 Å². The number of nitrogens with zero attached hydrogens (tertiary/aromatic N) is 2. The van der Waals surface area contributed by atoms with E-state index in [1.165, 1.54) is 0 Å². The molecule has 0 amide bonds. The van der Waals surface area contributed by atoms with Crippen LogP contribution in [0.1, 0.15) is 11.5 Å². The Morgan fingerprint density at radius 3 is 2.71 bits per heavy atom. The summed E-state index contributed by atoms with van der Waals surface area (Å²) in [6.07, 6.45) is 1.56. The number of anilines is 1. The molecule has 2 heterocycles. The van der Waals surface area contributed by atoms with E-state index in [1.807, 2.05) is 6.92 Å². The van der Waals surface area contributed by atoms with E-state index in [2.05, 4.69) is 19.7 Å². The van der Waals surface area contributed by atoms with E-state index in [-0.39, 0.29) is 4.90 Å². The van der Waals surface area contributed by atoms with Crippen molar-refractivity contribution in [2.45, 2.75) is 18.7 Å². The molecule has 0 bridgehead atoms. The Kier molecular flexibility index (Phi) is 3.13. The number of rotatable bonds is 3. The smallest absolute Gasteiger partial charge is 0.261 e. The summed E-state index contributed by atoms with van der Waals surface area (Å²) < 4.78 is 27.3. The largest absolute Gasteiger partial charge is 0.342 e. The van der Waals surface area contributed by atoms with Gasteiger partial charge in [0.15, 0.2) is 0 Å². The van der Waals surface area contributed by atoms with Crippen LogP contribution in [-0.4, -0.2) is 23.4 Å². The lowest BCUT2D eigenvalue weighted by molar-refractivity contribution is 0.601. The van der Waals surface area contributed by atoms with Gasteiger partial charge in [-0.05, 0) is 44.2 Å². The van der Waals surface area contributed by atoms with Gasteiger partial charge in [0, 0.05) is 11.9 Å². The molecule has 108 valence electrons. The number of hydrogen-bond acceptors (Lipinski definition) is 4. The van der Waals surface area contributed by atoms with Crippen molar-refractivity contribution in [2.24, 2.45) is 0 Å². The van der Waals surface area contributed by atoms with E-state index in [9.17, 15) is 8.42 Å². The number of aromatic nitrogens is 3. The summed E-state index contributed by atoms with van der Waals surface area (Å²) in [6, 6.07) is 8.09. The lowest BCUT2D eigenvalue weighted by Gasteiger charge is -2.08. The Balaban J connectivity index is 1.99. The molecule has 21 heavy (non-hydrogen) atoms. The Labute approximate surface area is 122 Å². The zero-order chi connectivity index (χ0) is 15.0. The van der Waals surface area contributed by atoms with Crippen molar-refractivity contribution in [2.75, 3.05) is 4.72 Å². The van der Waals surface area contributed by atoms with Gasteiger partial charge in [-0.2, -0.15) is 0 Å². The third-order valence-corrected chi connectivity index (χ3v) is 4.41. The van der Waals surface area contributed by atoms with Gasteiger partial charge in [-0.1, -0.05) is 0 Å². The van der Waals surface area contributed by atoms with Gasteiger partial charge in [0.1, 0.15) is 5.82 Å². The second-order valence-corrected chi connectivity index (χ2v) is 6.47. The minimum atomic E-state index is -3.64. The number of imidazole rings is 1. The Hall–Kier alpha value is -2.41. The van der Waals surface area contributed by atoms with E-state index < -0.39 is 10.0 Å². The summed E-state index contributed by atoms with van der Waals surface area (Å²) in [5.41, 5.74) is 2.67. The van der Waals surface area contributed by atoms with Gasteiger partial charge >= 0.3 is 0 Å². The van der Waals surface area contributed by atoms with Gasteiger partial charge in [-0.15, -0.1) is 0 Å². The predicted molar refractivity (Wildman–Crippen MR) is 80.6 cm³/mol. The molecule has 0 fully saturated rings. The molecule has 0 aliphatic heterocycles. The topological polar surface area (TPSA) is 87.7 Å². The number of sulfonamides is 1. The van der Waals surface area contributed by atoms with Crippen molar-refractivity contribution in [3.05, 3.63) is 48.0 Å². The van der Waals surface area contributed by atoms with Crippen molar-refractivity contribution in [3.8, 4) is 0 Å². The van der Waals surface area contributed by atoms with E-state index in [0.717, 1.165) is 17.0 Å². The Morgan fingerprint density at radius 2 is 1.95 bits per heavy atom. The van der Waals surface area contributed by atoms with Crippen molar-refractivity contribution >= 4 is 26.7 Å². The van der Waals surface area contributed by atoms with E-state index in [0.29, 0.717) is 11.2 Å². The first-order valence-electron chi connectivity index (χ1n) is 6.36. The maximum absolute atomic E-state index is 12.4. The lowest BCUT2D eigenvalue weighted by atomic mass is 10.3. The molecular weight excluding hydrogens is 288 g/mol. The molecule has 2 N–H and O–H groups in total. The highest BCUT2D eigenvalue weighted by Crippen LogP contribution is 2.20. The summed E-state index contributed by atoms with van der Waals surface area (Å²) in [7, 11) is -3.64. The molecule has 0 aliphatic carbocycles. The Bertz CT molecular complexity index is 916. The van der Waals surface area contributed by atoms with Gasteiger partial charge in [0.2, 0.25) is 0 Å². The summed E-state index contributed by atoms with van der Waals surface area (Å²) in [5, 5.41) is 0. The molecule has 3 rings (SSSR count). The molecule has 0 radical (unpaired) electrons. The summed E-state index contributed by atoms with van der Waals surface area (Å²) in [5.74, 6) is 0.747. The molecule has 3 aromatic rings. The van der Waals surface area contributed by atoms with Crippen LogP contribution in [0, 0.1) is 13.8 Å². The molecule has 0 atom stereocenters. The maximum Gasteiger partial charge on any atom is 0.261 e. The average molecular weight is 302 g/mol. The first-order valence-corrected chi connectivity index (χ1v) is 7.84. The van der Waals surface area contributed by atoms with Crippen LogP contribution in [0.25, 0.3) is 11.0 Å². The quantitative estimate of drug-likeness (QED) is 0.777. The first-order chi connectivity index (χ1) is 9.94. The van der Waals surface area contributed by atoms with Crippen LogP contribution in [0.15, 0.2) is 41.4 Å². The average Bonchev–Trinajstić information content (AvgIpc) is 2.77. The van der Waals surface area contributed by atoms with Gasteiger partial charge < -0.3 is 4.98 Å². The summed E-state index contributed by atoms with van der Waals surface area (Å²) in [4.78, 5) is 11.5. The Morgan fingerprint density at radius 1 is 1.14 bits per heavy atom. The number of benzene rings is 1. The SMILES string of the molecule is Cc1cc(NS(=O)(=O)c2ccc3nc(C)[nH]c3c2)ccn1. The van der Waals surface area contributed by atoms with Crippen molar-refractivity contribution < 1.29 is 8.42 Å². The minimum absolute atomic E-state index is 0.188. The normalized spacial score (nSPS) is 11.7. The minimum Gasteiger partial charge on any atom is -0.342 e. The molecule has 7 heteroatoms. The van der Waals surface area contributed by atoms with Crippen LogP contribution in [0.3, 0.4) is 0 Å². The van der Waals surface area contributed by atoms with Crippen LogP contribution in [0.2, 0.25) is 0 Å². The number of pyridine rings is 1. The van der Waals surface area contributed by atoms with Gasteiger partial charge in [0.25, 0.3) is 10.0 Å².